The van der Waals surface area contributed by atoms with E-state index < -0.39 is 10.0 Å². The molecule has 0 aromatic carbocycles. The van der Waals surface area contributed by atoms with E-state index in [0.29, 0.717) is 0 Å². The van der Waals surface area contributed by atoms with Gasteiger partial charge in [0.25, 0.3) is 0 Å². The van der Waals surface area contributed by atoms with Crippen molar-refractivity contribution in [3.63, 3.8) is 0 Å². The molecular weight excluding hydrogens is 125 g/mol. The largest absolute Gasteiger partial charge is 1.00 e. The first kappa shape index (κ1) is 10.8. The molecule has 0 N–H and O–H groups in total. The predicted octanol–water partition coefficient (Wildman–Crippen LogP) is -3.05. The molecule has 0 heterocycles. The van der Waals surface area contributed by atoms with E-state index in [2.05, 4.69) is 4.72 Å². The molecule has 0 aromatic rings. The standard InChI is InChI=1S/C2H6NO2S.Na/c1-3-6(2,4)5;/h1-2H3;/q-1;+1. The van der Waals surface area contributed by atoms with Crippen molar-refractivity contribution in [3.8, 4) is 0 Å². The minimum absolute atomic E-state index is 0. The molecule has 0 spiro atoms. The molecule has 5 heteroatoms. The molecule has 0 unspecified atom stereocenters. The first-order valence-electron chi connectivity index (χ1n) is 1.37. The maximum absolute atomic E-state index is 9.83. The van der Waals surface area contributed by atoms with E-state index in [1.807, 2.05) is 0 Å². The van der Waals surface area contributed by atoms with Crippen molar-refractivity contribution in [1.82, 2.24) is 0 Å². The first-order valence-corrected chi connectivity index (χ1v) is 3.22. The summed E-state index contributed by atoms with van der Waals surface area (Å²) in [6, 6.07) is 0. The topological polar surface area (TPSA) is 48.2 Å². The molecule has 38 valence electrons. The molecule has 0 saturated carbocycles. The van der Waals surface area contributed by atoms with Crippen LogP contribution in [0.4, 0.5) is 0 Å². The van der Waals surface area contributed by atoms with Crippen LogP contribution in [0.2, 0.25) is 0 Å². The fourth-order valence-corrected chi connectivity index (χ4v) is 0. The van der Waals surface area contributed by atoms with Crippen LogP contribution in [0.15, 0.2) is 0 Å². The van der Waals surface area contributed by atoms with Crippen molar-refractivity contribution in [2.24, 2.45) is 0 Å². The van der Waals surface area contributed by atoms with Gasteiger partial charge in [0.05, 0.1) is 10.0 Å². The van der Waals surface area contributed by atoms with E-state index in [1.54, 1.807) is 0 Å². The molecule has 0 fully saturated rings. The van der Waals surface area contributed by atoms with Gasteiger partial charge in [-0.05, 0) is 0 Å². The minimum Gasteiger partial charge on any atom is -0.552 e. The average molecular weight is 131 g/mol. The Morgan fingerprint density at radius 3 is 1.57 bits per heavy atom. The second kappa shape index (κ2) is 3.86. The Morgan fingerprint density at radius 2 is 1.57 bits per heavy atom. The Labute approximate surface area is 65.8 Å². The monoisotopic (exact) mass is 131 g/mol. The summed E-state index contributed by atoms with van der Waals surface area (Å²) in [6.07, 6.45) is 1.05. The van der Waals surface area contributed by atoms with Crippen LogP contribution in [0.25, 0.3) is 4.72 Å². The van der Waals surface area contributed by atoms with Crippen LogP contribution in [0.3, 0.4) is 0 Å². The summed E-state index contributed by atoms with van der Waals surface area (Å²) < 4.78 is 22.7. The van der Waals surface area contributed by atoms with Crippen molar-refractivity contribution in [1.29, 1.82) is 0 Å². The third kappa shape index (κ3) is 10.9. The van der Waals surface area contributed by atoms with Gasteiger partial charge in [-0.2, -0.15) is 7.05 Å². The molecular formula is C2H6NNaO2S. The summed E-state index contributed by atoms with van der Waals surface area (Å²) in [7, 11) is -1.79. The summed E-state index contributed by atoms with van der Waals surface area (Å²) in [4.78, 5) is 0. The number of hydrogen-bond acceptors (Lipinski definition) is 2. The normalized spacial score (nSPS) is 10.0. The summed E-state index contributed by atoms with van der Waals surface area (Å²) in [5.41, 5.74) is 0. The Bertz CT molecular complexity index is 118. The fraction of sp³-hybridized carbons (Fsp3) is 1.00. The molecule has 7 heavy (non-hydrogen) atoms. The summed E-state index contributed by atoms with van der Waals surface area (Å²) >= 11 is 0. The minimum atomic E-state index is -3.04. The zero-order chi connectivity index (χ0) is 5.21. The van der Waals surface area contributed by atoms with Crippen molar-refractivity contribution >= 4 is 10.0 Å². The van der Waals surface area contributed by atoms with Gasteiger partial charge in [0.1, 0.15) is 0 Å². The van der Waals surface area contributed by atoms with E-state index in [1.165, 1.54) is 7.05 Å². The quantitative estimate of drug-likeness (QED) is 0.355. The van der Waals surface area contributed by atoms with Crippen molar-refractivity contribution in [2.75, 3.05) is 13.3 Å². The Balaban J connectivity index is 0. The number of sulfonamides is 1. The SMILES string of the molecule is C[N-]S(C)(=O)=O.[Na+]. The molecule has 0 radical (unpaired) electrons. The average Bonchev–Trinajstić information content (AvgIpc) is 1.35. The van der Waals surface area contributed by atoms with Crippen molar-refractivity contribution in [2.45, 2.75) is 0 Å². The van der Waals surface area contributed by atoms with Gasteiger partial charge in [0, 0.05) is 6.26 Å². The zero-order valence-corrected chi connectivity index (χ0v) is 7.49. The van der Waals surface area contributed by atoms with Crippen LogP contribution in [-0.2, 0) is 10.0 Å². The number of nitrogens with zero attached hydrogens (tertiary/aromatic N) is 1. The fourth-order valence-electron chi connectivity index (χ4n) is 0. The number of rotatable bonds is 1. The Morgan fingerprint density at radius 1 is 1.43 bits per heavy atom. The van der Waals surface area contributed by atoms with Gasteiger partial charge >= 0.3 is 29.6 Å². The predicted molar refractivity (Wildman–Crippen MR) is 24.1 cm³/mol. The molecule has 3 nitrogen and oxygen atoms in total. The second-order valence-corrected chi connectivity index (χ2v) is 2.75. The van der Waals surface area contributed by atoms with Crippen LogP contribution in [-0.4, -0.2) is 21.7 Å². The molecule has 0 bridgehead atoms. The van der Waals surface area contributed by atoms with Gasteiger partial charge in [-0.25, -0.2) is 8.42 Å². The third-order valence-corrected chi connectivity index (χ3v) is 0.995. The van der Waals surface area contributed by atoms with Crippen LogP contribution in [0.5, 0.6) is 0 Å². The summed E-state index contributed by atoms with van der Waals surface area (Å²) in [5, 5.41) is 0. The second-order valence-electron chi connectivity index (χ2n) is 0.916. The Kier molecular flexibility index (Phi) is 5.96. The Hall–Kier alpha value is 0.910. The number of hydrogen-bond donors (Lipinski definition) is 0. The van der Waals surface area contributed by atoms with E-state index in [4.69, 9.17) is 0 Å². The molecule has 0 aliphatic rings. The van der Waals surface area contributed by atoms with Crippen LogP contribution in [0, 0.1) is 0 Å². The van der Waals surface area contributed by atoms with Gasteiger partial charge in [0.2, 0.25) is 0 Å². The van der Waals surface area contributed by atoms with Gasteiger partial charge in [-0.1, -0.05) is 0 Å². The van der Waals surface area contributed by atoms with Crippen LogP contribution >= 0.6 is 0 Å². The molecule has 0 rings (SSSR count). The van der Waals surface area contributed by atoms with E-state index in [0.717, 1.165) is 6.26 Å². The van der Waals surface area contributed by atoms with E-state index >= 15 is 0 Å². The smallest absolute Gasteiger partial charge is 0.552 e. The maximum Gasteiger partial charge on any atom is 1.00 e. The molecule has 0 atom stereocenters. The molecule has 0 saturated heterocycles. The summed E-state index contributed by atoms with van der Waals surface area (Å²) in [5.74, 6) is 0. The van der Waals surface area contributed by atoms with Gasteiger partial charge in [-0.3, -0.25) is 0 Å². The van der Waals surface area contributed by atoms with Gasteiger partial charge < -0.3 is 4.72 Å². The zero-order valence-electron chi connectivity index (χ0n) is 4.67. The molecule has 0 amide bonds. The molecule has 0 aliphatic heterocycles. The van der Waals surface area contributed by atoms with Crippen molar-refractivity contribution < 1.29 is 38.0 Å². The van der Waals surface area contributed by atoms with E-state index in [9.17, 15) is 8.42 Å². The maximum atomic E-state index is 9.83. The van der Waals surface area contributed by atoms with Crippen LogP contribution < -0.4 is 29.6 Å². The third-order valence-electron chi connectivity index (χ3n) is 0.332. The molecule has 0 aliphatic carbocycles. The first-order chi connectivity index (χ1) is 2.56. The molecule has 0 aromatic heterocycles. The summed E-state index contributed by atoms with van der Waals surface area (Å²) in [6.45, 7) is 0. The van der Waals surface area contributed by atoms with Crippen LogP contribution in [0.1, 0.15) is 0 Å². The van der Waals surface area contributed by atoms with Gasteiger partial charge in [-0.15, -0.1) is 0 Å². The van der Waals surface area contributed by atoms with Crippen molar-refractivity contribution in [3.05, 3.63) is 4.72 Å². The van der Waals surface area contributed by atoms with Gasteiger partial charge in [0.15, 0.2) is 0 Å². The van der Waals surface area contributed by atoms with E-state index in [-0.39, 0.29) is 29.6 Å².